The van der Waals surface area contributed by atoms with Crippen molar-refractivity contribution in [3.05, 3.63) is 47.3 Å². The number of benzene rings is 1. The first-order chi connectivity index (χ1) is 16.6. The van der Waals surface area contributed by atoms with Crippen molar-refractivity contribution in [2.24, 2.45) is 0 Å². The van der Waals surface area contributed by atoms with Crippen molar-refractivity contribution in [2.75, 3.05) is 29.9 Å². The van der Waals surface area contributed by atoms with Crippen LogP contribution in [0.15, 0.2) is 30.5 Å². The maximum absolute atomic E-state index is 13.2. The van der Waals surface area contributed by atoms with Crippen molar-refractivity contribution < 1.29 is 23.1 Å². The molecule has 11 heteroatoms. The Kier molecular flexibility index (Phi) is 5.65. The number of carbonyl (C=O) groups excluding carboxylic acids is 1. The van der Waals surface area contributed by atoms with Crippen LogP contribution < -0.4 is 10.2 Å². The van der Waals surface area contributed by atoms with E-state index in [1.54, 1.807) is 20.0 Å². The topological polar surface area (TPSA) is 94.5 Å². The lowest BCUT2D eigenvalue weighted by Crippen LogP contribution is -2.51. The van der Waals surface area contributed by atoms with E-state index in [1.807, 2.05) is 11.0 Å². The van der Waals surface area contributed by atoms with Gasteiger partial charge in [0, 0.05) is 37.5 Å². The zero-order valence-corrected chi connectivity index (χ0v) is 19.3. The van der Waals surface area contributed by atoms with Gasteiger partial charge in [-0.05, 0) is 50.1 Å². The molecule has 4 heterocycles. The van der Waals surface area contributed by atoms with Gasteiger partial charge in [0.15, 0.2) is 5.82 Å². The van der Waals surface area contributed by atoms with E-state index in [0.29, 0.717) is 48.0 Å². The lowest BCUT2D eigenvalue weighted by atomic mass is 10.0. The number of phenols is 1. The zero-order valence-electron chi connectivity index (χ0n) is 19.3. The summed E-state index contributed by atoms with van der Waals surface area (Å²) in [5, 5.41) is 22.1. The molecule has 2 aliphatic heterocycles. The van der Waals surface area contributed by atoms with Crippen LogP contribution in [-0.2, 0) is 11.0 Å². The number of aryl methyl sites for hydroxylation is 1. The minimum Gasteiger partial charge on any atom is -0.508 e. The van der Waals surface area contributed by atoms with Crippen LogP contribution in [0.4, 0.5) is 24.7 Å². The monoisotopic (exact) mass is 486 g/mol. The van der Waals surface area contributed by atoms with Gasteiger partial charge >= 0.3 is 6.18 Å². The Labute approximate surface area is 199 Å². The second-order valence-corrected chi connectivity index (χ2v) is 9.13. The molecule has 2 N–H and O–H groups in total. The van der Waals surface area contributed by atoms with Crippen LogP contribution in [0.5, 0.6) is 5.75 Å². The van der Waals surface area contributed by atoms with E-state index >= 15 is 0 Å². The van der Waals surface area contributed by atoms with Crippen LogP contribution in [0.1, 0.15) is 42.6 Å². The first kappa shape index (κ1) is 23.1. The number of pyridine rings is 1. The Morgan fingerprint density at radius 1 is 1.17 bits per heavy atom. The summed E-state index contributed by atoms with van der Waals surface area (Å²) in [4.78, 5) is 20.8. The number of halogens is 3. The number of phenolic OH excluding ortho intramolecular Hbond substituents is 1. The SMILES string of the molecule is Cc1nnc(N[C@H](C)c2cc(O)cc(C(F)(F)F)c2)c2cc(N3CCN4C(=O)CC[C@@H]4C3)cnc12. The molecular weight excluding hydrogens is 461 g/mol. The molecule has 5 rings (SSSR count). The van der Waals surface area contributed by atoms with Crippen LogP contribution in [0.25, 0.3) is 10.9 Å². The molecule has 0 radical (unpaired) electrons. The van der Waals surface area contributed by atoms with Crippen LogP contribution in [-0.4, -0.2) is 56.8 Å². The third-order valence-corrected chi connectivity index (χ3v) is 6.75. The van der Waals surface area contributed by atoms with E-state index in [0.717, 1.165) is 24.7 Å². The number of hydrogen-bond acceptors (Lipinski definition) is 7. The highest BCUT2D eigenvalue weighted by atomic mass is 19.4. The van der Waals surface area contributed by atoms with Gasteiger partial charge in [-0.2, -0.15) is 18.3 Å². The molecule has 35 heavy (non-hydrogen) atoms. The first-order valence-electron chi connectivity index (χ1n) is 11.5. The maximum Gasteiger partial charge on any atom is 0.416 e. The number of anilines is 2. The molecule has 0 aliphatic carbocycles. The van der Waals surface area contributed by atoms with Gasteiger partial charge in [-0.25, -0.2) is 0 Å². The van der Waals surface area contributed by atoms with E-state index in [1.165, 1.54) is 6.07 Å². The number of alkyl halides is 3. The summed E-state index contributed by atoms with van der Waals surface area (Å²) in [6.45, 7) is 5.56. The minimum absolute atomic E-state index is 0.190. The summed E-state index contributed by atoms with van der Waals surface area (Å²) >= 11 is 0. The summed E-state index contributed by atoms with van der Waals surface area (Å²) < 4.78 is 39.7. The Morgan fingerprint density at radius 3 is 2.74 bits per heavy atom. The Bertz CT molecular complexity index is 1300. The van der Waals surface area contributed by atoms with Gasteiger partial charge in [0.2, 0.25) is 5.91 Å². The number of nitrogens with one attached hydrogen (secondary N) is 1. The summed E-state index contributed by atoms with van der Waals surface area (Å²) in [7, 11) is 0. The number of carbonyl (C=O) groups is 1. The molecule has 0 spiro atoms. The molecule has 2 aliphatic rings. The average molecular weight is 486 g/mol. The molecule has 2 saturated heterocycles. The van der Waals surface area contributed by atoms with Crippen LogP contribution in [0, 0.1) is 6.92 Å². The molecule has 184 valence electrons. The van der Waals surface area contributed by atoms with Gasteiger partial charge in [-0.1, -0.05) is 0 Å². The number of aromatic hydroxyl groups is 1. The second-order valence-electron chi connectivity index (χ2n) is 9.13. The molecule has 3 aromatic rings. The van der Waals surface area contributed by atoms with Gasteiger partial charge in [0.1, 0.15) is 5.75 Å². The first-order valence-corrected chi connectivity index (χ1v) is 11.5. The average Bonchev–Trinajstić information content (AvgIpc) is 3.19. The van der Waals surface area contributed by atoms with Gasteiger partial charge < -0.3 is 20.2 Å². The highest BCUT2D eigenvalue weighted by Gasteiger charge is 2.36. The van der Waals surface area contributed by atoms with Crippen molar-refractivity contribution in [1.29, 1.82) is 0 Å². The lowest BCUT2D eigenvalue weighted by molar-refractivity contribution is -0.137. The van der Waals surface area contributed by atoms with Crippen molar-refractivity contribution in [3.63, 3.8) is 0 Å². The Morgan fingerprint density at radius 2 is 1.97 bits per heavy atom. The molecule has 2 atom stereocenters. The van der Waals surface area contributed by atoms with Gasteiger partial charge in [0.05, 0.1) is 34.7 Å². The quantitative estimate of drug-likeness (QED) is 0.575. The summed E-state index contributed by atoms with van der Waals surface area (Å²) in [5.41, 5.74) is 1.50. The zero-order chi connectivity index (χ0) is 24.9. The molecule has 8 nitrogen and oxygen atoms in total. The number of hydrogen-bond donors (Lipinski definition) is 2. The highest BCUT2D eigenvalue weighted by molar-refractivity contribution is 5.92. The van der Waals surface area contributed by atoms with E-state index in [-0.39, 0.29) is 17.5 Å². The number of piperazine rings is 1. The van der Waals surface area contributed by atoms with Crippen LogP contribution in [0.3, 0.4) is 0 Å². The smallest absolute Gasteiger partial charge is 0.416 e. The van der Waals surface area contributed by atoms with Gasteiger partial charge in [-0.15, -0.1) is 5.10 Å². The molecule has 0 unspecified atom stereocenters. The van der Waals surface area contributed by atoms with Crippen LogP contribution in [0.2, 0.25) is 0 Å². The van der Waals surface area contributed by atoms with Crippen molar-refractivity contribution in [1.82, 2.24) is 20.1 Å². The predicted molar refractivity (Wildman–Crippen MR) is 124 cm³/mol. The Balaban J connectivity index is 1.45. The fraction of sp³-hybridized carbons (Fsp3) is 0.417. The molecule has 0 saturated carbocycles. The standard InChI is InChI=1S/C24H25F3N6O2/c1-13(15-7-16(24(25,26)27)9-19(34)8-15)29-23-20-10-18(11-28-22(20)14(2)30-31-23)32-5-6-33-17(12-32)3-4-21(33)35/h7-11,13,17,34H,3-6,12H2,1-2H3,(H,29,31)/t13-,17-/m1/s1. The molecule has 1 amide bonds. The molecule has 2 aromatic heterocycles. The summed E-state index contributed by atoms with van der Waals surface area (Å²) in [6.07, 6.45) is -1.37. The summed E-state index contributed by atoms with van der Waals surface area (Å²) in [6, 6.07) is 4.55. The van der Waals surface area contributed by atoms with Gasteiger partial charge in [0.25, 0.3) is 0 Å². The number of fused-ring (bicyclic) bond motifs is 2. The molecular formula is C24H25F3N6O2. The second kappa shape index (κ2) is 8.54. The van der Waals surface area contributed by atoms with Gasteiger partial charge in [-0.3, -0.25) is 9.78 Å². The van der Waals surface area contributed by atoms with Crippen molar-refractivity contribution >= 4 is 28.3 Å². The maximum atomic E-state index is 13.2. The number of nitrogens with zero attached hydrogens (tertiary/aromatic N) is 5. The lowest BCUT2D eigenvalue weighted by Gasteiger charge is -2.38. The largest absolute Gasteiger partial charge is 0.508 e. The fourth-order valence-electron chi connectivity index (χ4n) is 4.86. The number of rotatable bonds is 4. The molecule has 0 bridgehead atoms. The van der Waals surface area contributed by atoms with Crippen molar-refractivity contribution in [2.45, 2.75) is 44.9 Å². The molecule has 2 fully saturated rings. The number of aromatic nitrogens is 3. The highest BCUT2D eigenvalue weighted by Crippen LogP contribution is 2.35. The predicted octanol–water partition coefficient (Wildman–Crippen LogP) is 4.04. The van der Waals surface area contributed by atoms with E-state index in [4.69, 9.17) is 0 Å². The normalized spacial score (nSPS) is 19.2. The third-order valence-electron chi connectivity index (χ3n) is 6.75. The van der Waals surface area contributed by atoms with Crippen LogP contribution >= 0.6 is 0 Å². The van der Waals surface area contributed by atoms with E-state index in [2.05, 4.69) is 25.4 Å². The molecule has 1 aromatic carbocycles. The Hall–Kier alpha value is -3.63. The van der Waals surface area contributed by atoms with Crippen molar-refractivity contribution in [3.8, 4) is 5.75 Å². The number of amides is 1. The summed E-state index contributed by atoms with van der Waals surface area (Å²) in [5.74, 6) is 0.133. The van der Waals surface area contributed by atoms with E-state index < -0.39 is 23.5 Å². The minimum atomic E-state index is -4.57. The fourth-order valence-corrected chi connectivity index (χ4v) is 4.86. The third kappa shape index (κ3) is 4.42. The van der Waals surface area contributed by atoms with E-state index in [9.17, 15) is 23.1 Å².